The maximum absolute atomic E-state index is 12.0. The molecule has 8 nitrogen and oxygen atoms in total. The van der Waals surface area contributed by atoms with Crippen molar-refractivity contribution in [1.29, 1.82) is 0 Å². The summed E-state index contributed by atoms with van der Waals surface area (Å²) in [6.45, 7) is 1.01. The number of carbonyl (C=O) groups excluding carboxylic acids is 1. The lowest BCUT2D eigenvalue weighted by Gasteiger charge is -2.09. The molecule has 0 saturated carbocycles. The van der Waals surface area contributed by atoms with E-state index in [-0.39, 0.29) is 12.5 Å². The molecular formula is C25H21ClF3N3O5. The molecule has 1 amide bonds. The highest BCUT2D eigenvalue weighted by atomic mass is 35.5. The second-order valence-corrected chi connectivity index (χ2v) is 7.96. The predicted octanol–water partition coefficient (Wildman–Crippen LogP) is 5.42. The number of alkyl halides is 3. The summed E-state index contributed by atoms with van der Waals surface area (Å²) in [5, 5.41) is 18.9. The Kier molecular flexibility index (Phi) is 9.33. The van der Waals surface area contributed by atoms with Gasteiger partial charge in [0.05, 0.1) is 5.39 Å². The number of carboxylic acid groups (broad SMARTS) is 1. The third kappa shape index (κ3) is 8.73. The molecule has 0 aliphatic carbocycles. The Hall–Kier alpha value is -4.25. The molecule has 0 aliphatic rings. The smallest absolute Gasteiger partial charge is 0.484 e. The number of carbonyl (C=O) groups is 2. The minimum absolute atomic E-state index is 0.0463. The molecule has 1 aromatic heterocycles. The van der Waals surface area contributed by atoms with Crippen molar-refractivity contribution >= 4 is 40.3 Å². The van der Waals surface area contributed by atoms with Crippen molar-refractivity contribution in [2.45, 2.75) is 19.3 Å². The van der Waals surface area contributed by atoms with Crippen LogP contribution in [0.5, 0.6) is 5.75 Å². The summed E-state index contributed by atoms with van der Waals surface area (Å²) in [4.78, 5) is 20.9. The fourth-order valence-corrected chi connectivity index (χ4v) is 3.03. The molecule has 12 heteroatoms. The molecule has 1 heterocycles. The number of ether oxygens (including phenoxy) is 1. The topological polar surface area (TPSA) is 114 Å². The summed E-state index contributed by atoms with van der Waals surface area (Å²) >= 11 is 5.83. The Morgan fingerprint density at radius 3 is 2.16 bits per heavy atom. The van der Waals surface area contributed by atoms with Crippen molar-refractivity contribution in [2.75, 3.05) is 11.9 Å². The molecule has 4 rings (SSSR count). The van der Waals surface area contributed by atoms with Gasteiger partial charge in [-0.05, 0) is 47.5 Å². The van der Waals surface area contributed by atoms with Gasteiger partial charge in [-0.3, -0.25) is 4.79 Å². The van der Waals surface area contributed by atoms with Crippen LogP contribution in [-0.4, -0.2) is 34.9 Å². The number of carboxylic acids is 1. The number of hydrogen-bond acceptors (Lipinski definition) is 6. The third-order valence-corrected chi connectivity index (χ3v) is 5.03. The fourth-order valence-electron chi connectivity index (χ4n) is 2.91. The highest BCUT2D eigenvalue weighted by molar-refractivity contribution is 6.30. The fraction of sp³-hybridized carbons (Fsp3) is 0.160. The second-order valence-electron chi connectivity index (χ2n) is 7.52. The number of nitrogens with one attached hydrogen (secondary N) is 2. The summed E-state index contributed by atoms with van der Waals surface area (Å²) in [5.74, 6) is -1.62. The van der Waals surface area contributed by atoms with Crippen LogP contribution >= 0.6 is 11.6 Å². The molecule has 0 unspecified atom stereocenters. The van der Waals surface area contributed by atoms with E-state index in [0.29, 0.717) is 23.9 Å². The Labute approximate surface area is 214 Å². The van der Waals surface area contributed by atoms with Gasteiger partial charge in [0.1, 0.15) is 5.75 Å². The molecule has 0 bridgehead atoms. The van der Waals surface area contributed by atoms with Crippen LogP contribution in [-0.2, 0) is 22.7 Å². The first kappa shape index (κ1) is 27.3. The van der Waals surface area contributed by atoms with Crippen molar-refractivity contribution in [3.63, 3.8) is 0 Å². The van der Waals surface area contributed by atoms with Gasteiger partial charge in [-0.25, -0.2) is 4.79 Å². The predicted molar refractivity (Wildman–Crippen MR) is 130 cm³/mol. The normalized spacial score (nSPS) is 10.8. The average molecular weight is 536 g/mol. The van der Waals surface area contributed by atoms with Crippen LogP contribution in [0.3, 0.4) is 0 Å². The van der Waals surface area contributed by atoms with Gasteiger partial charge in [0.25, 0.3) is 5.91 Å². The maximum Gasteiger partial charge on any atom is 0.490 e. The summed E-state index contributed by atoms with van der Waals surface area (Å²) < 4.78 is 42.5. The van der Waals surface area contributed by atoms with Crippen LogP contribution in [0.25, 0.3) is 11.0 Å². The van der Waals surface area contributed by atoms with Crippen LogP contribution in [0.15, 0.2) is 77.3 Å². The van der Waals surface area contributed by atoms with E-state index < -0.39 is 12.1 Å². The molecular weight excluding hydrogens is 515 g/mol. The first-order valence-electron chi connectivity index (χ1n) is 10.7. The van der Waals surface area contributed by atoms with E-state index in [1.54, 1.807) is 24.3 Å². The molecule has 0 saturated heterocycles. The van der Waals surface area contributed by atoms with Crippen LogP contribution in [0, 0.1) is 0 Å². The molecule has 0 fully saturated rings. The summed E-state index contributed by atoms with van der Waals surface area (Å²) in [5.41, 5.74) is 2.86. The number of rotatable bonds is 8. The summed E-state index contributed by atoms with van der Waals surface area (Å²) in [6.07, 6.45) is -5.08. The van der Waals surface area contributed by atoms with E-state index in [9.17, 15) is 18.0 Å². The SMILES string of the molecule is O=C(COc1ccc(Cl)cc1)NCc1ccc(CNc2noc3ccccc23)cc1.O=C(O)C(F)(F)F. The van der Waals surface area contributed by atoms with Crippen molar-refractivity contribution in [2.24, 2.45) is 0 Å². The van der Waals surface area contributed by atoms with Crippen molar-refractivity contribution in [3.8, 4) is 5.75 Å². The van der Waals surface area contributed by atoms with Crippen LogP contribution in [0.2, 0.25) is 5.02 Å². The van der Waals surface area contributed by atoms with E-state index in [1.807, 2.05) is 48.5 Å². The number of amides is 1. The molecule has 194 valence electrons. The second kappa shape index (κ2) is 12.6. The number of nitrogens with zero attached hydrogens (tertiary/aromatic N) is 1. The number of para-hydroxylation sites is 1. The van der Waals surface area contributed by atoms with Crippen molar-refractivity contribution < 1.29 is 37.1 Å². The Morgan fingerprint density at radius 1 is 0.946 bits per heavy atom. The zero-order valence-corrected chi connectivity index (χ0v) is 19.8. The Bertz CT molecular complexity index is 1330. The first-order valence-corrected chi connectivity index (χ1v) is 11.1. The monoisotopic (exact) mass is 535 g/mol. The molecule has 37 heavy (non-hydrogen) atoms. The molecule has 0 spiro atoms. The molecule has 0 atom stereocenters. The Morgan fingerprint density at radius 2 is 1.54 bits per heavy atom. The minimum atomic E-state index is -5.08. The zero-order valence-electron chi connectivity index (χ0n) is 19.1. The van der Waals surface area contributed by atoms with Crippen molar-refractivity contribution in [1.82, 2.24) is 10.5 Å². The summed E-state index contributed by atoms with van der Waals surface area (Å²) in [7, 11) is 0. The number of fused-ring (bicyclic) bond motifs is 1. The van der Waals surface area contributed by atoms with Gasteiger partial charge in [-0.1, -0.05) is 53.2 Å². The number of hydrogen-bond donors (Lipinski definition) is 3. The number of aromatic nitrogens is 1. The lowest BCUT2D eigenvalue weighted by Crippen LogP contribution is -2.28. The largest absolute Gasteiger partial charge is 0.490 e. The van der Waals surface area contributed by atoms with Gasteiger partial charge in [-0.2, -0.15) is 13.2 Å². The van der Waals surface area contributed by atoms with Crippen LogP contribution < -0.4 is 15.4 Å². The molecule has 0 aliphatic heterocycles. The maximum atomic E-state index is 12.0. The van der Waals surface area contributed by atoms with Gasteiger partial charge in [0.2, 0.25) is 0 Å². The lowest BCUT2D eigenvalue weighted by molar-refractivity contribution is -0.192. The van der Waals surface area contributed by atoms with Gasteiger partial charge >= 0.3 is 12.1 Å². The molecule has 4 aromatic rings. The highest BCUT2D eigenvalue weighted by Gasteiger charge is 2.38. The quantitative estimate of drug-likeness (QED) is 0.276. The van der Waals surface area contributed by atoms with Gasteiger partial charge in [-0.15, -0.1) is 0 Å². The van der Waals surface area contributed by atoms with E-state index in [0.717, 1.165) is 27.9 Å². The number of halogens is 4. The van der Waals surface area contributed by atoms with E-state index in [1.165, 1.54) is 0 Å². The Balaban J connectivity index is 0.000000479. The molecule has 3 N–H and O–H groups in total. The van der Waals surface area contributed by atoms with Crippen molar-refractivity contribution in [3.05, 3.63) is 88.9 Å². The van der Waals surface area contributed by atoms with Gasteiger partial charge in [0.15, 0.2) is 18.0 Å². The zero-order chi connectivity index (χ0) is 26.8. The van der Waals surface area contributed by atoms with Gasteiger partial charge in [0, 0.05) is 18.1 Å². The van der Waals surface area contributed by atoms with E-state index in [2.05, 4.69) is 15.8 Å². The molecule has 3 aromatic carbocycles. The van der Waals surface area contributed by atoms with Crippen LogP contribution in [0.4, 0.5) is 19.0 Å². The minimum Gasteiger partial charge on any atom is -0.484 e. The standard InChI is InChI=1S/C23H20ClN3O3.C2HF3O2/c24-18-9-11-19(12-10-18)29-15-22(28)25-13-16-5-7-17(8-6-16)14-26-23-20-3-1-2-4-21(20)30-27-23;3-2(4,5)1(6)7/h1-12H,13-15H2,(H,25,28)(H,26,27);(H,6,7). The molecule has 0 radical (unpaired) electrons. The first-order chi connectivity index (χ1) is 17.6. The van der Waals surface area contributed by atoms with E-state index in [4.69, 9.17) is 30.8 Å². The number of benzene rings is 3. The van der Waals surface area contributed by atoms with E-state index >= 15 is 0 Å². The van der Waals surface area contributed by atoms with Gasteiger partial charge < -0.3 is 25.0 Å². The number of aliphatic carboxylic acids is 1. The van der Waals surface area contributed by atoms with Crippen LogP contribution in [0.1, 0.15) is 11.1 Å². The average Bonchev–Trinajstić information content (AvgIpc) is 3.29. The number of anilines is 1. The third-order valence-electron chi connectivity index (χ3n) is 4.78. The highest BCUT2D eigenvalue weighted by Crippen LogP contribution is 2.22. The lowest BCUT2D eigenvalue weighted by atomic mass is 10.1. The summed E-state index contributed by atoms with van der Waals surface area (Å²) in [6, 6.07) is 22.6.